The van der Waals surface area contributed by atoms with Gasteiger partial charge in [-0.25, -0.2) is 0 Å². The molecule has 102 valence electrons. The van der Waals surface area contributed by atoms with Crippen molar-refractivity contribution in [2.75, 3.05) is 13.6 Å². The van der Waals surface area contributed by atoms with Crippen LogP contribution in [-0.2, 0) is 6.42 Å². The van der Waals surface area contributed by atoms with Crippen molar-refractivity contribution >= 4 is 27.3 Å². The Balaban J connectivity index is 1.93. The molecule has 0 bridgehead atoms. The minimum atomic E-state index is 0.632. The van der Waals surface area contributed by atoms with Gasteiger partial charge in [-0.2, -0.15) is 0 Å². The molecule has 0 saturated heterocycles. The van der Waals surface area contributed by atoms with Crippen LogP contribution in [0.5, 0.6) is 0 Å². The highest BCUT2D eigenvalue weighted by atomic mass is 79.9. The van der Waals surface area contributed by atoms with Gasteiger partial charge in [0.05, 0.1) is 0 Å². The van der Waals surface area contributed by atoms with Crippen LogP contribution in [0.15, 0.2) is 10.5 Å². The van der Waals surface area contributed by atoms with Gasteiger partial charge in [0.25, 0.3) is 0 Å². The Hall–Kier alpha value is 0.140. The normalized spacial score (nSPS) is 18.4. The zero-order valence-electron chi connectivity index (χ0n) is 11.5. The Morgan fingerprint density at radius 2 is 2.06 bits per heavy atom. The lowest BCUT2D eigenvalue weighted by atomic mass is 9.78. The molecule has 0 aliphatic heterocycles. The Morgan fingerprint density at radius 1 is 1.33 bits per heavy atom. The van der Waals surface area contributed by atoms with Crippen molar-refractivity contribution in [2.24, 2.45) is 5.41 Å². The van der Waals surface area contributed by atoms with Crippen molar-refractivity contribution in [3.63, 3.8) is 0 Å². The molecule has 1 heterocycles. The standard InChI is InChI=1S/C15H24BrNS/c1-12-14(16)11-13(18-12)5-8-15(9-10-17-2)6-3-4-7-15/h11,17H,3-10H2,1-2H3. The lowest BCUT2D eigenvalue weighted by Gasteiger charge is -2.29. The number of halogens is 1. The van der Waals surface area contributed by atoms with Gasteiger partial charge < -0.3 is 5.32 Å². The molecule has 1 N–H and O–H groups in total. The molecule has 3 heteroatoms. The van der Waals surface area contributed by atoms with Gasteiger partial charge in [0, 0.05) is 14.2 Å². The van der Waals surface area contributed by atoms with Gasteiger partial charge in [-0.05, 0) is 80.0 Å². The zero-order chi connectivity index (χ0) is 13.0. The second-order valence-corrected chi connectivity index (χ2v) is 7.87. The third-order valence-corrected chi connectivity index (χ3v) is 6.58. The Kier molecular flexibility index (Phi) is 5.28. The predicted molar refractivity (Wildman–Crippen MR) is 84.5 cm³/mol. The molecule has 18 heavy (non-hydrogen) atoms. The first-order valence-electron chi connectivity index (χ1n) is 7.05. The number of rotatable bonds is 6. The van der Waals surface area contributed by atoms with Crippen LogP contribution in [0.3, 0.4) is 0 Å². The molecule has 1 aromatic heterocycles. The second-order valence-electron chi connectivity index (χ2n) is 5.68. The number of hydrogen-bond acceptors (Lipinski definition) is 2. The van der Waals surface area contributed by atoms with Crippen molar-refractivity contribution in [3.05, 3.63) is 20.3 Å². The molecule has 0 spiro atoms. The fourth-order valence-electron chi connectivity index (χ4n) is 3.17. The maximum atomic E-state index is 3.63. The molecule has 0 amide bonds. The van der Waals surface area contributed by atoms with Crippen LogP contribution in [-0.4, -0.2) is 13.6 Å². The molecule has 0 atom stereocenters. The summed E-state index contributed by atoms with van der Waals surface area (Å²) in [6.07, 6.45) is 9.77. The van der Waals surface area contributed by atoms with Crippen LogP contribution in [0.25, 0.3) is 0 Å². The molecule has 0 unspecified atom stereocenters. The van der Waals surface area contributed by atoms with Crippen molar-refractivity contribution in [1.29, 1.82) is 0 Å². The summed E-state index contributed by atoms with van der Waals surface area (Å²) < 4.78 is 1.29. The minimum absolute atomic E-state index is 0.632. The molecular formula is C15H24BrNS. The fraction of sp³-hybridized carbons (Fsp3) is 0.733. The van der Waals surface area contributed by atoms with Gasteiger partial charge in [-0.1, -0.05) is 12.8 Å². The number of thiophene rings is 1. The average molecular weight is 330 g/mol. The van der Waals surface area contributed by atoms with E-state index in [9.17, 15) is 0 Å². The monoisotopic (exact) mass is 329 g/mol. The van der Waals surface area contributed by atoms with E-state index in [2.05, 4.69) is 41.3 Å². The minimum Gasteiger partial charge on any atom is -0.320 e. The van der Waals surface area contributed by atoms with E-state index in [4.69, 9.17) is 0 Å². The van der Waals surface area contributed by atoms with Crippen LogP contribution in [0.2, 0.25) is 0 Å². The molecule has 0 aromatic carbocycles. The predicted octanol–water partition coefficient (Wildman–Crippen LogP) is 4.92. The number of hydrogen-bond donors (Lipinski definition) is 1. The first-order valence-corrected chi connectivity index (χ1v) is 8.66. The van der Waals surface area contributed by atoms with E-state index in [0.717, 1.165) is 0 Å². The number of nitrogens with one attached hydrogen (secondary N) is 1. The highest BCUT2D eigenvalue weighted by Crippen LogP contribution is 2.45. The summed E-state index contributed by atoms with van der Waals surface area (Å²) in [7, 11) is 2.07. The smallest absolute Gasteiger partial charge is 0.0314 e. The topological polar surface area (TPSA) is 12.0 Å². The second kappa shape index (κ2) is 6.53. The van der Waals surface area contributed by atoms with Crippen molar-refractivity contribution in [3.8, 4) is 0 Å². The van der Waals surface area contributed by atoms with Crippen LogP contribution >= 0.6 is 27.3 Å². The number of aryl methyl sites for hydroxylation is 2. The lowest BCUT2D eigenvalue weighted by molar-refractivity contribution is 0.248. The third kappa shape index (κ3) is 3.58. The molecule has 1 nitrogen and oxygen atoms in total. The first-order chi connectivity index (χ1) is 8.65. The summed E-state index contributed by atoms with van der Waals surface area (Å²) in [5, 5.41) is 3.33. The molecule has 2 rings (SSSR count). The summed E-state index contributed by atoms with van der Waals surface area (Å²) in [6.45, 7) is 3.37. The fourth-order valence-corrected chi connectivity index (χ4v) is 4.77. The van der Waals surface area contributed by atoms with Gasteiger partial charge in [0.1, 0.15) is 0 Å². The van der Waals surface area contributed by atoms with Gasteiger partial charge in [0.15, 0.2) is 0 Å². The van der Waals surface area contributed by atoms with Crippen molar-refractivity contribution < 1.29 is 0 Å². The largest absolute Gasteiger partial charge is 0.320 e. The van der Waals surface area contributed by atoms with E-state index in [1.165, 1.54) is 60.8 Å². The summed E-state index contributed by atoms with van der Waals surface area (Å²) in [5.41, 5.74) is 0.632. The van der Waals surface area contributed by atoms with Crippen LogP contribution in [0, 0.1) is 12.3 Å². The first kappa shape index (κ1) is 14.5. The van der Waals surface area contributed by atoms with Crippen molar-refractivity contribution in [2.45, 2.75) is 51.9 Å². The Labute approximate surface area is 123 Å². The summed E-state index contributed by atoms with van der Waals surface area (Å²) in [4.78, 5) is 2.97. The summed E-state index contributed by atoms with van der Waals surface area (Å²) >= 11 is 5.58. The molecule has 1 aliphatic carbocycles. The zero-order valence-corrected chi connectivity index (χ0v) is 13.9. The average Bonchev–Trinajstić information content (AvgIpc) is 2.94. The quantitative estimate of drug-likeness (QED) is 0.780. The van der Waals surface area contributed by atoms with E-state index in [1.807, 2.05) is 11.3 Å². The molecular weight excluding hydrogens is 306 g/mol. The Morgan fingerprint density at radius 3 is 2.61 bits per heavy atom. The molecule has 1 aromatic rings. The lowest BCUT2D eigenvalue weighted by Crippen LogP contribution is -2.23. The van der Waals surface area contributed by atoms with Gasteiger partial charge >= 0.3 is 0 Å². The van der Waals surface area contributed by atoms with Gasteiger partial charge in [-0.3, -0.25) is 0 Å². The molecule has 1 saturated carbocycles. The molecule has 1 aliphatic rings. The molecule has 0 radical (unpaired) electrons. The van der Waals surface area contributed by atoms with E-state index in [-0.39, 0.29) is 0 Å². The van der Waals surface area contributed by atoms with E-state index < -0.39 is 0 Å². The summed E-state index contributed by atoms with van der Waals surface area (Å²) in [6, 6.07) is 2.32. The van der Waals surface area contributed by atoms with E-state index in [1.54, 1.807) is 4.88 Å². The maximum Gasteiger partial charge on any atom is 0.0314 e. The summed E-state index contributed by atoms with van der Waals surface area (Å²) in [5.74, 6) is 0. The van der Waals surface area contributed by atoms with E-state index in [0.29, 0.717) is 5.41 Å². The van der Waals surface area contributed by atoms with Gasteiger partial charge in [0.2, 0.25) is 0 Å². The highest BCUT2D eigenvalue weighted by Gasteiger charge is 2.32. The van der Waals surface area contributed by atoms with Crippen molar-refractivity contribution in [1.82, 2.24) is 5.32 Å². The maximum absolute atomic E-state index is 3.63. The SMILES string of the molecule is CNCCC1(CCc2cc(Br)c(C)s2)CCCC1. The van der Waals surface area contributed by atoms with Crippen LogP contribution < -0.4 is 5.32 Å². The Bertz CT molecular complexity index is 360. The highest BCUT2D eigenvalue weighted by molar-refractivity contribution is 9.10. The van der Waals surface area contributed by atoms with Crippen LogP contribution in [0.4, 0.5) is 0 Å². The third-order valence-electron chi connectivity index (χ3n) is 4.38. The molecule has 1 fully saturated rings. The van der Waals surface area contributed by atoms with E-state index >= 15 is 0 Å². The van der Waals surface area contributed by atoms with Crippen LogP contribution in [0.1, 0.15) is 48.3 Å². The van der Waals surface area contributed by atoms with Gasteiger partial charge in [-0.15, -0.1) is 11.3 Å².